The predicted molar refractivity (Wildman–Crippen MR) is 57.0 cm³/mol. The number of benzene rings is 1. The standard InChI is InChI=1S/C10H13O4P/c11-7-5-3-1-2-4-6(5)8(12)10(14,15)9(7)13/h1-4,7-9,11-14H,15H2/t7-,8+,9-,10-/m0/s1. The van der Waals surface area contributed by atoms with Gasteiger partial charge in [0.15, 0.2) is 0 Å². The van der Waals surface area contributed by atoms with Crippen LogP contribution in [-0.4, -0.2) is 31.9 Å². The van der Waals surface area contributed by atoms with Gasteiger partial charge in [0.05, 0.1) is 0 Å². The van der Waals surface area contributed by atoms with Crippen molar-refractivity contribution in [3.05, 3.63) is 35.4 Å². The third-order valence-electron chi connectivity index (χ3n) is 2.82. The lowest BCUT2D eigenvalue weighted by Gasteiger charge is -2.41. The third kappa shape index (κ3) is 1.50. The Balaban J connectivity index is 2.57. The zero-order valence-corrected chi connectivity index (χ0v) is 9.06. The fourth-order valence-corrected chi connectivity index (χ4v) is 2.22. The first-order chi connectivity index (χ1) is 6.96. The van der Waals surface area contributed by atoms with Crippen LogP contribution >= 0.6 is 9.24 Å². The van der Waals surface area contributed by atoms with Gasteiger partial charge in [-0.1, -0.05) is 33.5 Å². The minimum Gasteiger partial charge on any atom is -0.387 e. The summed E-state index contributed by atoms with van der Waals surface area (Å²) in [5.41, 5.74) is 0.887. The lowest BCUT2D eigenvalue weighted by molar-refractivity contribution is -0.141. The Morgan fingerprint density at radius 2 is 1.60 bits per heavy atom. The largest absolute Gasteiger partial charge is 0.387 e. The van der Waals surface area contributed by atoms with Crippen LogP contribution < -0.4 is 0 Å². The molecule has 0 saturated heterocycles. The van der Waals surface area contributed by atoms with Gasteiger partial charge in [-0.25, -0.2) is 0 Å². The molecular weight excluding hydrogens is 215 g/mol. The second-order valence-electron chi connectivity index (χ2n) is 3.81. The van der Waals surface area contributed by atoms with Gasteiger partial charge in [0.25, 0.3) is 0 Å². The molecule has 0 spiro atoms. The molecule has 0 aromatic heterocycles. The number of hydrogen-bond acceptors (Lipinski definition) is 4. The summed E-state index contributed by atoms with van der Waals surface area (Å²) in [4.78, 5) is 0. The number of aliphatic hydroxyl groups excluding tert-OH is 3. The van der Waals surface area contributed by atoms with Gasteiger partial charge < -0.3 is 20.4 Å². The zero-order chi connectivity index (χ0) is 11.2. The molecule has 4 nitrogen and oxygen atoms in total. The fourth-order valence-electron chi connectivity index (χ4n) is 1.86. The van der Waals surface area contributed by atoms with Gasteiger partial charge in [0, 0.05) is 0 Å². The van der Waals surface area contributed by atoms with E-state index in [4.69, 9.17) is 0 Å². The van der Waals surface area contributed by atoms with E-state index >= 15 is 0 Å². The van der Waals surface area contributed by atoms with Crippen molar-refractivity contribution >= 4 is 9.24 Å². The van der Waals surface area contributed by atoms with Crippen LogP contribution in [0.5, 0.6) is 0 Å². The maximum absolute atomic E-state index is 9.84. The number of fused-ring (bicyclic) bond motifs is 1. The van der Waals surface area contributed by atoms with Crippen molar-refractivity contribution in [2.24, 2.45) is 0 Å². The maximum Gasteiger partial charge on any atom is 0.136 e. The van der Waals surface area contributed by atoms with Crippen LogP contribution in [0.3, 0.4) is 0 Å². The van der Waals surface area contributed by atoms with E-state index in [1.165, 1.54) is 0 Å². The van der Waals surface area contributed by atoms with E-state index in [0.717, 1.165) is 0 Å². The maximum atomic E-state index is 9.84. The van der Waals surface area contributed by atoms with Crippen molar-refractivity contribution in [2.45, 2.75) is 23.7 Å². The van der Waals surface area contributed by atoms with E-state index in [1.807, 2.05) is 9.24 Å². The predicted octanol–water partition coefficient (Wildman–Crippen LogP) is -0.308. The van der Waals surface area contributed by atoms with Crippen LogP contribution in [0.15, 0.2) is 24.3 Å². The normalized spacial score (nSPS) is 39.9. The second-order valence-corrected chi connectivity index (χ2v) is 4.73. The molecule has 2 rings (SSSR count). The zero-order valence-electron chi connectivity index (χ0n) is 7.91. The molecule has 0 radical (unpaired) electrons. The fraction of sp³-hybridized carbons (Fsp3) is 0.400. The molecule has 0 fully saturated rings. The van der Waals surface area contributed by atoms with Crippen LogP contribution in [0.4, 0.5) is 0 Å². The Morgan fingerprint density at radius 1 is 1.07 bits per heavy atom. The summed E-state index contributed by atoms with van der Waals surface area (Å²) in [5.74, 6) is 0. The molecule has 5 heteroatoms. The van der Waals surface area contributed by atoms with Crippen LogP contribution in [0.25, 0.3) is 0 Å². The summed E-state index contributed by atoms with van der Waals surface area (Å²) in [6.45, 7) is 0. The van der Waals surface area contributed by atoms with Gasteiger partial charge in [-0.15, -0.1) is 0 Å². The first kappa shape index (κ1) is 11.0. The minimum absolute atomic E-state index is 0.438. The van der Waals surface area contributed by atoms with E-state index in [0.29, 0.717) is 11.1 Å². The quantitative estimate of drug-likeness (QED) is 0.459. The molecule has 82 valence electrons. The van der Waals surface area contributed by atoms with Gasteiger partial charge >= 0.3 is 0 Å². The van der Waals surface area contributed by atoms with Gasteiger partial charge in [0.2, 0.25) is 0 Å². The topological polar surface area (TPSA) is 80.9 Å². The molecule has 15 heavy (non-hydrogen) atoms. The second kappa shape index (κ2) is 3.51. The lowest BCUT2D eigenvalue weighted by atomic mass is 9.83. The molecule has 0 saturated carbocycles. The van der Waals surface area contributed by atoms with Crippen LogP contribution in [0.1, 0.15) is 23.3 Å². The smallest absolute Gasteiger partial charge is 0.136 e. The van der Waals surface area contributed by atoms with E-state index in [1.54, 1.807) is 24.3 Å². The summed E-state index contributed by atoms with van der Waals surface area (Å²) in [6.07, 6.45) is -3.84. The summed E-state index contributed by atoms with van der Waals surface area (Å²) < 4.78 is 0. The summed E-state index contributed by atoms with van der Waals surface area (Å²) in [5, 5.41) is 37.2. The van der Waals surface area contributed by atoms with Crippen molar-refractivity contribution in [1.82, 2.24) is 0 Å². The molecule has 0 bridgehead atoms. The average molecular weight is 228 g/mol. The van der Waals surface area contributed by atoms with Crippen LogP contribution in [0.2, 0.25) is 0 Å². The van der Waals surface area contributed by atoms with E-state index < -0.39 is 23.7 Å². The van der Waals surface area contributed by atoms with Gasteiger partial charge in [-0.2, -0.15) is 0 Å². The van der Waals surface area contributed by atoms with Crippen molar-refractivity contribution < 1.29 is 20.4 Å². The van der Waals surface area contributed by atoms with Crippen molar-refractivity contribution in [3.8, 4) is 0 Å². The Bertz CT molecular complexity index is 379. The molecular formula is C10H13O4P. The average Bonchev–Trinajstić information content (AvgIpc) is 2.24. The van der Waals surface area contributed by atoms with Crippen molar-refractivity contribution in [3.63, 3.8) is 0 Å². The number of aliphatic hydroxyl groups is 4. The molecule has 0 aliphatic heterocycles. The number of rotatable bonds is 0. The van der Waals surface area contributed by atoms with Crippen molar-refractivity contribution in [2.75, 3.05) is 0 Å². The summed E-state index contributed by atoms with van der Waals surface area (Å²) >= 11 is 0. The Morgan fingerprint density at radius 3 is 2.20 bits per heavy atom. The van der Waals surface area contributed by atoms with Crippen LogP contribution in [0, 0.1) is 0 Å². The summed E-state index contributed by atoms with van der Waals surface area (Å²) in [7, 11) is 1.98. The number of hydrogen-bond donors (Lipinski definition) is 4. The molecule has 1 aliphatic carbocycles. The highest BCUT2D eigenvalue weighted by Crippen LogP contribution is 2.45. The lowest BCUT2D eigenvalue weighted by Crippen LogP contribution is -2.49. The highest BCUT2D eigenvalue weighted by molar-refractivity contribution is 7.18. The molecule has 1 unspecified atom stereocenters. The Labute approximate surface area is 89.4 Å². The molecule has 4 N–H and O–H groups in total. The highest BCUT2D eigenvalue weighted by atomic mass is 31.0. The molecule has 1 aromatic carbocycles. The first-order valence-electron chi connectivity index (χ1n) is 4.60. The monoisotopic (exact) mass is 228 g/mol. The molecule has 0 amide bonds. The first-order valence-corrected chi connectivity index (χ1v) is 5.18. The summed E-state index contributed by atoms with van der Waals surface area (Å²) in [6, 6.07) is 6.64. The SMILES string of the molecule is O[C@@H]1c2ccccc2[C@H](O)[C@H](O)[C@@]1(O)P. The van der Waals surface area contributed by atoms with Gasteiger partial charge in [-0.05, 0) is 11.1 Å². The van der Waals surface area contributed by atoms with Gasteiger partial charge in [-0.3, -0.25) is 0 Å². The highest BCUT2D eigenvalue weighted by Gasteiger charge is 2.48. The molecule has 1 aromatic rings. The van der Waals surface area contributed by atoms with E-state index in [-0.39, 0.29) is 0 Å². The molecule has 0 heterocycles. The Hall–Kier alpha value is -0.510. The Kier molecular flexibility index (Phi) is 2.57. The van der Waals surface area contributed by atoms with Gasteiger partial charge in [0.1, 0.15) is 23.7 Å². The minimum atomic E-state index is -1.81. The van der Waals surface area contributed by atoms with Crippen molar-refractivity contribution in [1.29, 1.82) is 0 Å². The molecule has 1 aliphatic rings. The van der Waals surface area contributed by atoms with E-state index in [2.05, 4.69) is 0 Å². The van der Waals surface area contributed by atoms with E-state index in [9.17, 15) is 20.4 Å². The van der Waals surface area contributed by atoms with Crippen LogP contribution in [-0.2, 0) is 0 Å². The molecule has 5 atom stereocenters. The third-order valence-corrected chi connectivity index (χ3v) is 3.48.